The number of thiophene rings is 2. The van der Waals surface area contributed by atoms with Gasteiger partial charge in [0.1, 0.15) is 49.8 Å². The van der Waals surface area contributed by atoms with Gasteiger partial charge in [-0.05, 0) is 69.4 Å². The summed E-state index contributed by atoms with van der Waals surface area (Å²) in [6.45, 7) is 6.38. The van der Waals surface area contributed by atoms with Crippen LogP contribution < -0.4 is 30.3 Å². The standard InChI is InChI=1S/2C29H33N2O4S.2CH2O2/c2*1-34-24-11-9-21(10-12-24)18-30-28(23-6-3-2-4-7-23)29(33)35-26-20-31(15-13-22(26)14-16-31)19-25(32)27-8-5-17-36-27;2*2-1-3/h2*2-12,17,22,26,28,30H,13-16,18-20H2,1H3;2*1H,(H,2,3)/q2*+1;;/p-2/t2*22?,26-,28?,31?;;/m00../s1. The van der Waals surface area contributed by atoms with Gasteiger partial charge in [0.25, 0.3) is 0 Å². The number of hydrogen-bond acceptors (Lipinski definition) is 16. The van der Waals surface area contributed by atoms with Crippen LogP contribution in [0.5, 0.6) is 11.5 Å². The van der Waals surface area contributed by atoms with Crippen LogP contribution >= 0.6 is 22.7 Å². The number of hydrogen-bond donors (Lipinski definition) is 2. The van der Waals surface area contributed by atoms with Gasteiger partial charge < -0.3 is 47.7 Å². The number of carbonyl (C=O) groups excluding carboxylic acids is 6. The zero-order chi connectivity index (χ0) is 55.3. The highest BCUT2D eigenvalue weighted by molar-refractivity contribution is 7.12. The molecule has 2 aromatic heterocycles. The molecule has 16 nitrogen and oxygen atoms in total. The fourth-order valence-electron chi connectivity index (χ4n) is 11.1. The van der Waals surface area contributed by atoms with E-state index in [2.05, 4.69) is 10.6 Å². The molecule has 2 unspecified atom stereocenters. The lowest BCUT2D eigenvalue weighted by Crippen LogP contribution is -2.65. The SMILES string of the molecule is COc1ccc(CNC(C(=O)O[C@H]2C[N+]3(CC(=O)c4cccs4)CCC2CC3)c2ccccc2)cc1.COc1ccc(CNC(C(=O)O[C@H]2C[N+]3(CC(=O)c4cccs4)CCC2CC3)c2ccccc2)cc1.O=C[O-].O=C[O-]. The monoisotopic (exact) mass is 1100 g/mol. The molecule has 6 fully saturated rings. The Morgan fingerprint density at radius 1 is 0.538 bits per heavy atom. The second-order valence-electron chi connectivity index (χ2n) is 20.0. The van der Waals surface area contributed by atoms with Crippen molar-refractivity contribution in [3.05, 3.63) is 176 Å². The summed E-state index contributed by atoms with van der Waals surface area (Å²) in [5, 5.41) is 27.2. The van der Waals surface area contributed by atoms with E-state index in [1.807, 2.05) is 144 Å². The topological polar surface area (TPSA) is 210 Å². The maximum absolute atomic E-state index is 13.5. The average Bonchev–Trinajstić information content (AvgIpc) is 4.27. The van der Waals surface area contributed by atoms with Crippen LogP contribution in [0.4, 0.5) is 0 Å². The van der Waals surface area contributed by atoms with Crippen LogP contribution in [0, 0.1) is 11.8 Å². The van der Waals surface area contributed by atoms with Gasteiger partial charge >= 0.3 is 11.9 Å². The molecule has 0 amide bonds. The Bertz CT molecular complexity index is 2610. The summed E-state index contributed by atoms with van der Waals surface area (Å²) in [5.41, 5.74) is 3.89. The fourth-order valence-corrected chi connectivity index (χ4v) is 12.4. The van der Waals surface area contributed by atoms with E-state index in [9.17, 15) is 19.2 Å². The second-order valence-corrected chi connectivity index (χ2v) is 21.9. The molecule has 412 valence electrons. The van der Waals surface area contributed by atoms with Crippen molar-refractivity contribution in [3.63, 3.8) is 0 Å². The average molecular weight is 1100 g/mol. The van der Waals surface area contributed by atoms with Crippen molar-refractivity contribution in [3.8, 4) is 11.5 Å². The van der Waals surface area contributed by atoms with E-state index in [0.29, 0.717) is 51.1 Å². The molecular weight excluding hydrogens is 1030 g/mol. The van der Waals surface area contributed by atoms with Crippen molar-refractivity contribution in [1.29, 1.82) is 0 Å². The Balaban J connectivity index is 0.000000206. The van der Waals surface area contributed by atoms with Crippen LogP contribution in [0.2, 0.25) is 0 Å². The van der Waals surface area contributed by atoms with Gasteiger partial charge in [-0.3, -0.25) is 20.2 Å². The Hall–Kier alpha value is -7.06. The second kappa shape index (κ2) is 29.1. The van der Waals surface area contributed by atoms with E-state index >= 15 is 0 Å². The van der Waals surface area contributed by atoms with Crippen LogP contribution in [-0.2, 0) is 41.7 Å². The first-order chi connectivity index (χ1) is 37.9. The third-order valence-electron chi connectivity index (χ3n) is 15.2. The Kier molecular flexibility index (Phi) is 21.8. The van der Waals surface area contributed by atoms with Gasteiger partial charge in [0.05, 0.1) is 50.2 Å². The molecule has 6 saturated heterocycles. The van der Waals surface area contributed by atoms with Crippen molar-refractivity contribution in [1.82, 2.24) is 10.6 Å². The molecule has 4 aromatic carbocycles. The van der Waals surface area contributed by atoms with E-state index in [4.69, 9.17) is 38.7 Å². The van der Waals surface area contributed by atoms with Crippen molar-refractivity contribution in [2.45, 2.75) is 63.1 Å². The van der Waals surface area contributed by atoms with Crippen LogP contribution in [0.3, 0.4) is 0 Å². The Labute approximate surface area is 463 Å². The molecule has 4 bridgehead atoms. The summed E-state index contributed by atoms with van der Waals surface area (Å²) >= 11 is 3.00. The van der Waals surface area contributed by atoms with Crippen molar-refractivity contribution < 1.29 is 66.9 Å². The normalized spacial score (nSPS) is 22.2. The Morgan fingerprint density at radius 2 is 0.885 bits per heavy atom. The highest BCUT2D eigenvalue weighted by atomic mass is 32.1. The number of fused-ring (bicyclic) bond motifs is 6. The molecule has 6 aliphatic rings. The largest absolute Gasteiger partial charge is 0.554 e. The molecule has 0 spiro atoms. The number of carboxylic acid groups (broad SMARTS) is 2. The van der Waals surface area contributed by atoms with Crippen molar-refractivity contribution in [2.24, 2.45) is 11.8 Å². The van der Waals surface area contributed by atoms with E-state index in [-0.39, 0.29) is 35.7 Å². The maximum atomic E-state index is 13.5. The number of carbonyl (C=O) groups is 6. The van der Waals surface area contributed by atoms with Crippen molar-refractivity contribution in [2.75, 3.05) is 66.6 Å². The van der Waals surface area contributed by atoms with Crippen LogP contribution in [0.15, 0.2) is 144 Å². The van der Waals surface area contributed by atoms with Gasteiger partial charge in [0.2, 0.25) is 11.6 Å². The molecule has 18 heteroatoms. The van der Waals surface area contributed by atoms with E-state index in [0.717, 1.165) is 104 Å². The maximum Gasteiger partial charge on any atom is 0.328 e. The summed E-state index contributed by atoms with van der Waals surface area (Å²) in [6, 6.07) is 41.6. The fraction of sp³-hybridized carbons (Fsp3) is 0.367. The van der Waals surface area contributed by atoms with Gasteiger partial charge in [-0.15, -0.1) is 22.7 Å². The van der Waals surface area contributed by atoms with Crippen molar-refractivity contribution >= 4 is 59.1 Å². The summed E-state index contributed by atoms with van der Waals surface area (Å²) in [6.07, 6.45) is 3.64. The predicted molar refractivity (Wildman–Crippen MR) is 292 cm³/mol. The van der Waals surface area contributed by atoms with Gasteiger partial charge in [0, 0.05) is 63.6 Å². The van der Waals surface area contributed by atoms with Gasteiger partial charge in [0.15, 0.2) is 12.2 Å². The minimum absolute atomic E-state index is 0.162. The molecule has 78 heavy (non-hydrogen) atoms. The lowest BCUT2D eigenvalue weighted by molar-refractivity contribution is -0.938. The lowest BCUT2D eigenvalue weighted by Gasteiger charge is -2.51. The molecule has 0 aliphatic carbocycles. The number of quaternary nitrogens is 2. The molecule has 6 aliphatic heterocycles. The molecular formula is C60H68N4O12S2. The predicted octanol–water partition coefficient (Wildman–Crippen LogP) is 5.98. The molecule has 6 aromatic rings. The molecule has 0 saturated carbocycles. The number of nitrogens with zero attached hydrogens (tertiary/aromatic N) is 2. The Morgan fingerprint density at radius 3 is 1.19 bits per heavy atom. The number of methoxy groups -OCH3 is 2. The zero-order valence-corrected chi connectivity index (χ0v) is 45.6. The van der Waals surface area contributed by atoms with Gasteiger partial charge in [-0.1, -0.05) is 97.1 Å². The molecule has 12 rings (SSSR count). The summed E-state index contributed by atoms with van der Waals surface area (Å²) in [4.78, 5) is 71.0. The number of Topliss-reactive ketones (excluding diaryl/α,β-unsaturated/α-hetero) is 2. The first kappa shape index (κ1) is 58.6. The minimum Gasteiger partial charge on any atom is -0.554 e. The van der Waals surface area contributed by atoms with E-state index in [1.165, 1.54) is 22.7 Å². The third-order valence-corrected chi connectivity index (χ3v) is 17.1. The summed E-state index contributed by atoms with van der Waals surface area (Å²) < 4.78 is 24.4. The quantitative estimate of drug-likeness (QED) is 0.0391. The number of benzene rings is 4. The van der Waals surface area contributed by atoms with E-state index < -0.39 is 25.0 Å². The molecule has 4 atom stereocenters. The van der Waals surface area contributed by atoms with Crippen LogP contribution in [0.25, 0.3) is 0 Å². The minimum atomic E-state index is -0.565. The summed E-state index contributed by atoms with van der Waals surface area (Å²) in [7, 11) is 3.29. The highest BCUT2D eigenvalue weighted by Gasteiger charge is 2.50. The van der Waals surface area contributed by atoms with E-state index in [1.54, 1.807) is 14.2 Å². The smallest absolute Gasteiger partial charge is 0.328 e. The van der Waals surface area contributed by atoms with Crippen LogP contribution in [-0.4, -0.2) is 124 Å². The number of nitrogens with one attached hydrogen (secondary N) is 2. The highest BCUT2D eigenvalue weighted by Crippen LogP contribution is 2.38. The first-order valence-corrected chi connectivity index (χ1v) is 27.9. The first-order valence-electron chi connectivity index (χ1n) is 26.1. The number of piperidine rings is 6. The summed E-state index contributed by atoms with van der Waals surface area (Å²) in [5.74, 6) is 2.21. The molecule has 2 N–H and O–H groups in total. The number of rotatable bonds is 20. The van der Waals surface area contributed by atoms with Gasteiger partial charge in [-0.2, -0.15) is 0 Å². The third kappa shape index (κ3) is 16.0. The molecule has 0 radical (unpaired) electrons. The van der Waals surface area contributed by atoms with Crippen LogP contribution in [0.1, 0.15) is 79.4 Å². The lowest BCUT2D eigenvalue weighted by atomic mass is 9.83. The number of ether oxygens (including phenoxy) is 4. The number of esters is 2. The zero-order valence-electron chi connectivity index (χ0n) is 44.0. The molecule has 8 heterocycles. The number of ketones is 2. The van der Waals surface area contributed by atoms with Gasteiger partial charge in [-0.25, -0.2) is 9.59 Å².